The number of rotatable bonds is 3. The molecule has 4 nitrogen and oxygen atoms in total. The molecule has 1 aromatic heterocycles. The van der Waals surface area contributed by atoms with E-state index in [9.17, 15) is 0 Å². The van der Waals surface area contributed by atoms with Crippen molar-refractivity contribution in [3.63, 3.8) is 0 Å². The van der Waals surface area contributed by atoms with Crippen LogP contribution in [0.4, 0.5) is 11.8 Å². The van der Waals surface area contributed by atoms with Gasteiger partial charge in [0.1, 0.15) is 5.82 Å². The zero-order valence-corrected chi connectivity index (χ0v) is 13.7. The predicted molar refractivity (Wildman–Crippen MR) is 99.0 cm³/mol. The Morgan fingerprint density at radius 1 is 0.917 bits per heavy atom. The number of nitrogen functional groups attached to an aromatic ring is 1. The summed E-state index contributed by atoms with van der Waals surface area (Å²) in [6.07, 6.45) is 3.51. The summed E-state index contributed by atoms with van der Waals surface area (Å²) in [6, 6.07) is 18.7. The van der Waals surface area contributed by atoms with Crippen LogP contribution in [0, 0.1) is 5.92 Å². The summed E-state index contributed by atoms with van der Waals surface area (Å²) < 4.78 is 0. The number of hydrogen-bond acceptors (Lipinski definition) is 4. The molecule has 1 saturated heterocycles. The average Bonchev–Trinajstić information content (AvgIpc) is 2.63. The Bertz CT molecular complexity index is 823. The maximum atomic E-state index is 6.12. The van der Waals surface area contributed by atoms with Crippen molar-refractivity contribution in [3.05, 3.63) is 60.2 Å². The number of benzene rings is 2. The van der Waals surface area contributed by atoms with Gasteiger partial charge in [-0.15, -0.1) is 0 Å². The molecule has 0 atom stereocenters. The molecule has 0 amide bonds. The van der Waals surface area contributed by atoms with Crippen molar-refractivity contribution in [1.82, 2.24) is 9.97 Å². The highest BCUT2D eigenvalue weighted by Gasteiger charge is 2.22. The van der Waals surface area contributed by atoms with Gasteiger partial charge in [0.05, 0.1) is 5.52 Å². The van der Waals surface area contributed by atoms with Gasteiger partial charge < -0.3 is 10.6 Å². The molecule has 0 aliphatic carbocycles. The third-order valence-corrected chi connectivity index (χ3v) is 4.89. The minimum atomic E-state index is 0.571. The number of nitrogens with two attached hydrogens (primary N) is 1. The van der Waals surface area contributed by atoms with E-state index in [2.05, 4.69) is 40.2 Å². The summed E-state index contributed by atoms with van der Waals surface area (Å²) in [5.74, 6) is 2.08. The van der Waals surface area contributed by atoms with Gasteiger partial charge in [0, 0.05) is 18.5 Å². The van der Waals surface area contributed by atoms with E-state index in [1.54, 1.807) is 0 Å². The molecule has 0 radical (unpaired) electrons. The lowest BCUT2D eigenvalue weighted by molar-refractivity contribution is 0.401. The standard InChI is InChI=1S/C20H22N4/c21-19-17-8-4-5-9-18(17)22-20(23-19)24-12-10-16(11-13-24)14-15-6-2-1-3-7-15/h1-9,16H,10-14H2,(H2,21,22,23). The summed E-state index contributed by atoms with van der Waals surface area (Å²) in [5.41, 5.74) is 8.47. The fraction of sp³-hybridized carbons (Fsp3) is 0.300. The van der Waals surface area contributed by atoms with Crippen molar-refractivity contribution in [2.45, 2.75) is 19.3 Å². The summed E-state index contributed by atoms with van der Waals surface area (Å²) in [6.45, 7) is 1.99. The van der Waals surface area contributed by atoms with Gasteiger partial charge in [-0.2, -0.15) is 4.98 Å². The largest absolute Gasteiger partial charge is 0.383 e. The number of anilines is 2. The molecule has 1 aliphatic rings. The lowest BCUT2D eigenvalue weighted by Gasteiger charge is -2.32. The van der Waals surface area contributed by atoms with Crippen molar-refractivity contribution < 1.29 is 0 Å². The first-order valence-electron chi connectivity index (χ1n) is 8.61. The first-order chi connectivity index (χ1) is 11.8. The van der Waals surface area contributed by atoms with Crippen molar-refractivity contribution in [3.8, 4) is 0 Å². The molecule has 0 saturated carbocycles. The summed E-state index contributed by atoms with van der Waals surface area (Å²) in [5, 5.41) is 0.931. The first kappa shape index (κ1) is 14.9. The van der Waals surface area contributed by atoms with Gasteiger partial charge in [-0.3, -0.25) is 0 Å². The molecule has 1 fully saturated rings. The van der Waals surface area contributed by atoms with Crippen molar-refractivity contribution in [2.75, 3.05) is 23.7 Å². The van der Waals surface area contributed by atoms with Crippen molar-refractivity contribution in [1.29, 1.82) is 0 Å². The average molecular weight is 318 g/mol. The molecule has 2 aromatic carbocycles. The van der Waals surface area contributed by atoms with E-state index in [4.69, 9.17) is 10.7 Å². The van der Waals surface area contributed by atoms with Crippen LogP contribution in [-0.2, 0) is 6.42 Å². The minimum Gasteiger partial charge on any atom is -0.383 e. The van der Waals surface area contributed by atoms with Crippen molar-refractivity contribution in [2.24, 2.45) is 5.92 Å². The quantitative estimate of drug-likeness (QED) is 0.800. The Morgan fingerprint density at radius 3 is 2.42 bits per heavy atom. The molecule has 4 rings (SSSR count). The SMILES string of the molecule is Nc1nc(N2CCC(Cc3ccccc3)CC2)nc2ccccc12. The number of piperidine rings is 1. The lowest BCUT2D eigenvalue weighted by Crippen LogP contribution is -2.35. The van der Waals surface area contributed by atoms with Gasteiger partial charge in [0.15, 0.2) is 0 Å². The number of aromatic nitrogens is 2. The summed E-state index contributed by atoms with van der Waals surface area (Å²) >= 11 is 0. The van der Waals surface area contributed by atoms with Gasteiger partial charge in [-0.25, -0.2) is 4.98 Å². The van der Waals surface area contributed by atoms with Crippen molar-refractivity contribution >= 4 is 22.7 Å². The van der Waals surface area contributed by atoms with E-state index in [1.807, 2.05) is 24.3 Å². The molecular weight excluding hydrogens is 296 g/mol. The molecule has 24 heavy (non-hydrogen) atoms. The highest BCUT2D eigenvalue weighted by Crippen LogP contribution is 2.26. The number of para-hydroxylation sites is 1. The minimum absolute atomic E-state index is 0.571. The summed E-state index contributed by atoms with van der Waals surface area (Å²) in [4.78, 5) is 11.5. The van der Waals surface area contributed by atoms with E-state index in [-0.39, 0.29) is 0 Å². The maximum absolute atomic E-state index is 6.12. The Balaban J connectivity index is 1.46. The molecular formula is C20H22N4. The monoisotopic (exact) mass is 318 g/mol. The third kappa shape index (κ3) is 3.04. The molecule has 2 N–H and O–H groups in total. The van der Waals surface area contributed by atoms with Gasteiger partial charge in [0.2, 0.25) is 5.95 Å². The van der Waals surface area contributed by atoms with E-state index in [1.165, 1.54) is 18.4 Å². The molecule has 122 valence electrons. The Labute approximate surface area is 142 Å². The second kappa shape index (κ2) is 6.48. The van der Waals surface area contributed by atoms with Crippen LogP contribution in [-0.4, -0.2) is 23.1 Å². The van der Waals surface area contributed by atoms with Crippen LogP contribution >= 0.6 is 0 Å². The molecule has 4 heteroatoms. The second-order valence-corrected chi connectivity index (χ2v) is 6.55. The van der Waals surface area contributed by atoms with Crippen LogP contribution in [0.25, 0.3) is 10.9 Å². The molecule has 3 aromatic rings. The zero-order valence-electron chi connectivity index (χ0n) is 13.7. The second-order valence-electron chi connectivity index (χ2n) is 6.55. The first-order valence-corrected chi connectivity index (χ1v) is 8.61. The number of fused-ring (bicyclic) bond motifs is 1. The zero-order chi connectivity index (χ0) is 16.4. The van der Waals surface area contributed by atoms with Gasteiger partial charge in [-0.1, -0.05) is 42.5 Å². The molecule has 0 spiro atoms. The van der Waals surface area contributed by atoms with E-state index in [0.717, 1.165) is 42.3 Å². The fourth-order valence-electron chi connectivity index (χ4n) is 3.51. The Morgan fingerprint density at radius 2 is 1.62 bits per heavy atom. The summed E-state index contributed by atoms with van der Waals surface area (Å²) in [7, 11) is 0. The topological polar surface area (TPSA) is 55.0 Å². The van der Waals surface area contributed by atoms with Gasteiger partial charge in [-0.05, 0) is 42.9 Å². The molecule has 2 heterocycles. The number of hydrogen-bond donors (Lipinski definition) is 1. The predicted octanol–water partition coefficient (Wildman–Crippen LogP) is 3.67. The molecule has 1 aliphatic heterocycles. The van der Waals surface area contributed by atoms with Crippen LogP contribution in [0.5, 0.6) is 0 Å². The normalized spacial score (nSPS) is 15.8. The number of nitrogens with zero attached hydrogens (tertiary/aromatic N) is 3. The maximum Gasteiger partial charge on any atom is 0.227 e. The lowest BCUT2D eigenvalue weighted by atomic mass is 9.90. The van der Waals surface area contributed by atoms with Crippen LogP contribution < -0.4 is 10.6 Å². The molecule has 0 bridgehead atoms. The Kier molecular flexibility index (Phi) is 4.03. The smallest absolute Gasteiger partial charge is 0.227 e. The highest BCUT2D eigenvalue weighted by molar-refractivity contribution is 5.88. The van der Waals surface area contributed by atoms with Crippen LogP contribution in [0.3, 0.4) is 0 Å². The van der Waals surface area contributed by atoms with E-state index >= 15 is 0 Å². The molecule has 0 unspecified atom stereocenters. The van der Waals surface area contributed by atoms with E-state index in [0.29, 0.717) is 5.82 Å². The fourth-order valence-corrected chi connectivity index (χ4v) is 3.51. The van der Waals surface area contributed by atoms with Gasteiger partial charge in [0.25, 0.3) is 0 Å². The van der Waals surface area contributed by atoms with E-state index < -0.39 is 0 Å². The van der Waals surface area contributed by atoms with Crippen LogP contribution in [0.2, 0.25) is 0 Å². The Hall–Kier alpha value is -2.62. The van der Waals surface area contributed by atoms with Gasteiger partial charge >= 0.3 is 0 Å². The van der Waals surface area contributed by atoms with Crippen LogP contribution in [0.15, 0.2) is 54.6 Å². The van der Waals surface area contributed by atoms with Crippen LogP contribution in [0.1, 0.15) is 18.4 Å². The highest BCUT2D eigenvalue weighted by atomic mass is 15.3. The third-order valence-electron chi connectivity index (χ3n) is 4.89.